The lowest BCUT2D eigenvalue weighted by atomic mass is 10.1. The monoisotopic (exact) mass is 559 g/mol. The van der Waals surface area contributed by atoms with Gasteiger partial charge < -0.3 is 15.5 Å². The summed E-state index contributed by atoms with van der Waals surface area (Å²) in [5.41, 5.74) is 0.406. The number of rotatable bonds is 7. The molecule has 0 aliphatic carbocycles. The topological polar surface area (TPSA) is 144 Å². The predicted octanol–water partition coefficient (Wildman–Crippen LogP) is 3.11. The number of carboxylic acids is 2. The fraction of sp³-hybridized carbons (Fsp3) is 0.375. The summed E-state index contributed by atoms with van der Waals surface area (Å²) in [6.07, 6.45) is -1.64. The second-order valence-corrected chi connectivity index (χ2v) is 10.5. The minimum Gasteiger partial charge on any atom is -0.473 e. The number of likely N-dealkylation sites (N-methyl/N-ethyl adjacent to an activating group) is 1. The minimum absolute atomic E-state index is 0.0227. The van der Waals surface area contributed by atoms with Gasteiger partial charge in [-0.05, 0) is 61.9 Å². The number of sulfonamides is 1. The smallest absolute Gasteiger partial charge is 0.416 e. The first-order valence-electron chi connectivity index (χ1n) is 11.4. The number of carboxylic acid groups (broad SMARTS) is 2. The van der Waals surface area contributed by atoms with Crippen LogP contribution in [-0.2, 0) is 37.1 Å². The number of aliphatic carboxylic acids is 2. The van der Waals surface area contributed by atoms with E-state index in [1.54, 1.807) is 24.1 Å². The maximum Gasteiger partial charge on any atom is 0.416 e. The minimum atomic E-state index is -4.38. The van der Waals surface area contributed by atoms with Gasteiger partial charge in [-0.25, -0.2) is 18.0 Å². The molecule has 1 heterocycles. The zero-order valence-electron chi connectivity index (χ0n) is 20.4. The summed E-state index contributed by atoms with van der Waals surface area (Å²) in [4.78, 5) is 32.4. The number of benzene rings is 2. The summed E-state index contributed by atoms with van der Waals surface area (Å²) < 4.78 is 64.8. The molecule has 3 N–H and O–H groups in total. The highest BCUT2D eigenvalue weighted by Crippen LogP contribution is 2.29. The molecular weight excluding hydrogens is 531 g/mol. The average molecular weight is 560 g/mol. The summed E-state index contributed by atoms with van der Waals surface area (Å²) in [6.45, 7) is 1.37. The Morgan fingerprint density at radius 2 is 1.45 bits per heavy atom. The van der Waals surface area contributed by atoms with Crippen molar-refractivity contribution in [2.75, 3.05) is 32.0 Å². The van der Waals surface area contributed by atoms with Crippen molar-refractivity contribution in [3.8, 4) is 0 Å². The molecule has 1 saturated heterocycles. The van der Waals surface area contributed by atoms with Crippen LogP contribution in [0.2, 0.25) is 0 Å². The molecule has 3 rings (SSSR count). The highest BCUT2D eigenvalue weighted by atomic mass is 32.2. The number of alkyl halides is 3. The Morgan fingerprint density at radius 3 is 1.92 bits per heavy atom. The quantitative estimate of drug-likeness (QED) is 0.439. The zero-order valence-corrected chi connectivity index (χ0v) is 21.3. The number of halogens is 3. The molecule has 10 nitrogen and oxygen atoms in total. The van der Waals surface area contributed by atoms with E-state index < -0.39 is 33.7 Å². The number of anilines is 1. The standard InChI is InChI=1S/C22H26F3N3O3S.C2H2O4/c1-27(15-17-5-7-18(8-6-17)22(23,24)25)16-21(29)26-19-9-11-20(12-10-19)32(30,31)28-13-3-2-4-14-28;3-1(4)2(5)6/h5-12H,2-4,13-16H2,1H3,(H,26,29);(H,3,4)(H,5,6). The Balaban J connectivity index is 0.000000757. The Kier molecular flexibility index (Phi) is 10.8. The van der Waals surface area contributed by atoms with Crippen molar-refractivity contribution < 1.29 is 46.2 Å². The first-order valence-corrected chi connectivity index (χ1v) is 12.8. The summed E-state index contributed by atoms with van der Waals surface area (Å²) in [5, 5.41) is 17.5. The van der Waals surface area contributed by atoms with Gasteiger partial charge in [0.25, 0.3) is 0 Å². The van der Waals surface area contributed by atoms with Gasteiger partial charge in [0.05, 0.1) is 17.0 Å². The molecule has 1 aliphatic heterocycles. The third kappa shape index (κ3) is 9.43. The molecule has 1 amide bonds. The molecule has 2 aromatic rings. The largest absolute Gasteiger partial charge is 0.473 e. The second-order valence-electron chi connectivity index (χ2n) is 8.51. The summed E-state index contributed by atoms with van der Waals surface area (Å²) in [6, 6.07) is 10.9. The normalized spacial score (nSPS) is 14.3. The van der Waals surface area contributed by atoms with Crippen LogP contribution in [0, 0.1) is 0 Å². The molecule has 0 aromatic heterocycles. The van der Waals surface area contributed by atoms with E-state index >= 15 is 0 Å². The number of piperidine rings is 1. The van der Waals surface area contributed by atoms with Crippen molar-refractivity contribution in [2.24, 2.45) is 0 Å². The van der Waals surface area contributed by atoms with E-state index in [4.69, 9.17) is 19.8 Å². The van der Waals surface area contributed by atoms with Crippen LogP contribution in [0.1, 0.15) is 30.4 Å². The average Bonchev–Trinajstić information content (AvgIpc) is 2.85. The van der Waals surface area contributed by atoms with Gasteiger partial charge in [-0.15, -0.1) is 0 Å². The number of hydrogen-bond acceptors (Lipinski definition) is 6. The molecule has 2 aromatic carbocycles. The van der Waals surface area contributed by atoms with Crippen molar-refractivity contribution in [1.29, 1.82) is 0 Å². The van der Waals surface area contributed by atoms with Gasteiger partial charge in [-0.1, -0.05) is 18.6 Å². The van der Waals surface area contributed by atoms with Crippen molar-refractivity contribution in [3.63, 3.8) is 0 Å². The van der Waals surface area contributed by atoms with Crippen LogP contribution in [0.3, 0.4) is 0 Å². The molecule has 0 atom stereocenters. The number of carbonyl (C=O) groups excluding carboxylic acids is 1. The van der Waals surface area contributed by atoms with E-state index in [9.17, 15) is 26.4 Å². The van der Waals surface area contributed by atoms with Crippen molar-refractivity contribution in [3.05, 3.63) is 59.7 Å². The number of nitrogens with one attached hydrogen (secondary N) is 1. The van der Waals surface area contributed by atoms with Gasteiger partial charge >= 0.3 is 18.1 Å². The van der Waals surface area contributed by atoms with E-state index in [1.165, 1.54) is 28.6 Å². The van der Waals surface area contributed by atoms with Gasteiger partial charge in [0.2, 0.25) is 15.9 Å². The van der Waals surface area contributed by atoms with Crippen molar-refractivity contribution >= 4 is 33.6 Å². The fourth-order valence-electron chi connectivity index (χ4n) is 3.58. The molecule has 0 radical (unpaired) electrons. The first-order chi connectivity index (χ1) is 17.7. The van der Waals surface area contributed by atoms with Gasteiger partial charge in [-0.3, -0.25) is 9.69 Å². The maximum atomic E-state index is 12.7. The first kappa shape index (κ1) is 30.7. The Bertz CT molecular complexity index is 1200. The molecule has 1 fully saturated rings. The maximum absolute atomic E-state index is 12.7. The highest BCUT2D eigenvalue weighted by Gasteiger charge is 2.30. The van der Waals surface area contributed by atoms with E-state index in [1.807, 2.05) is 0 Å². The highest BCUT2D eigenvalue weighted by molar-refractivity contribution is 7.89. The lowest BCUT2D eigenvalue weighted by Crippen LogP contribution is -2.35. The van der Waals surface area contributed by atoms with Crippen LogP contribution in [0.4, 0.5) is 18.9 Å². The van der Waals surface area contributed by atoms with Crippen LogP contribution in [-0.4, -0.2) is 72.4 Å². The van der Waals surface area contributed by atoms with Crippen LogP contribution in [0.15, 0.2) is 53.4 Å². The SMILES string of the molecule is CN(CC(=O)Nc1ccc(S(=O)(=O)N2CCCCC2)cc1)Cc1ccc(C(F)(F)F)cc1.O=C(O)C(=O)O. The van der Waals surface area contributed by atoms with E-state index in [0.717, 1.165) is 31.4 Å². The summed E-state index contributed by atoms with van der Waals surface area (Å²) in [5.74, 6) is -3.96. The number of hydrogen-bond donors (Lipinski definition) is 3. The molecular formula is C24H28F3N3O7S. The zero-order chi connectivity index (χ0) is 28.5. The molecule has 0 unspecified atom stereocenters. The Labute approximate surface area is 217 Å². The fourth-order valence-corrected chi connectivity index (χ4v) is 5.09. The predicted molar refractivity (Wildman–Crippen MR) is 131 cm³/mol. The second kappa shape index (κ2) is 13.3. The van der Waals surface area contributed by atoms with Crippen LogP contribution < -0.4 is 5.32 Å². The lowest BCUT2D eigenvalue weighted by molar-refractivity contribution is -0.159. The van der Waals surface area contributed by atoms with Gasteiger partial charge in [0.1, 0.15) is 0 Å². The molecule has 0 saturated carbocycles. The summed E-state index contributed by atoms with van der Waals surface area (Å²) in [7, 11) is -1.85. The molecule has 14 heteroatoms. The molecule has 38 heavy (non-hydrogen) atoms. The van der Waals surface area contributed by atoms with Crippen LogP contribution in [0.5, 0.6) is 0 Å². The third-order valence-electron chi connectivity index (χ3n) is 5.42. The van der Waals surface area contributed by atoms with Crippen LogP contribution >= 0.6 is 0 Å². The van der Waals surface area contributed by atoms with Gasteiger partial charge in [0, 0.05) is 25.3 Å². The van der Waals surface area contributed by atoms with E-state index in [2.05, 4.69) is 5.32 Å². The molecule has 208 valence electrons. The molecule has 1 aliphatic rings. The lowest BCUT2D eigenvalue weighted by Gasteiger charge is -2.25. The van der Waals surface area contributed by atoms with E-state index in [0.29, 0.717) is 30.9 Å². The van der Waals surface area contributed by atoms with Gasteiger partial charge in [0.15, 0.2) is 0 Å². The summed E-state index contributed by atoms with van der Waals surface area (Å²) >= 11 is 0. The third-order valence-corrected chi connectivity index (χ3v) is 7.33. The number of nitrogens with zero attached hydrogens (tertiary/aromatic N) is 2. The van der Waals surface area contributed by atoms with Crippen molar-refractivity contribution in [2.45, 2.75) is 36.9 Å². The van der Waals surface area contributed by atoms with Crippen molar-refractivity contribution in [1.82, 2.24) is 9.21 Å². The molecule has 0 bridgehead atoms. The number of carbonyl (C=O) groups is 3. The number of amides is 1. The Hall–Kier alpha value is -3.49. The molecule has 0 spiro atoms. The van der Waals surface area contributed by atoms with Crippen LogP contribution in [0.25, 0.3) is 0 Å². The van der Waals surface area contributed by atoms with E-state index in [-0.39, 0.29) is 17.3 Å². The Morgan fingerprint density at radius 1 is 0.921 bits per heavy atom. The van der Waals surface area contributed by atoms with Gasteiger partial charge in [-0.2, -0.15) is 17.5 Å².